The monoisotopic (exact) mass is 518 g/mol. The van der Waals surface area contributed by atoms with E-state index in [9.17, 15) is 28.8 Å². The summed E-state index contributed by atoms with van der Waals surface area (Å²) >= 11 is 0. The average molecular weight is 519 g/mol. The number of hydrogen-bond acceptors (Lipinski definition) is 6. The summed E-state index contributed by atoms with van der Waals surface area (Å²) < 4.78 is 0. The van der Waals surface area contributed by atoms with E-state index in [1.54, 1.807) is 0 Å². The number of carboxylic acids is 2. The Bertz CT molecular complexity index is 556. The zero-order chi connectivity index (χ0) is 28.2. The van der Waals surface area contributed by atoms with Crippen LogP contribution < -0.4 is 22.9 Å². The van der Waals surface area contributed by atoms with Crippen molar-refractivity contribution in [1.29, 1.82) is 0 Å². The van der Waals surface area contributed by atoms with Crippen LogP contribution in [0.25, 0.3) is 0 Å². The van der Waals surface area contributed by atoms with E-state index < -0.39 is 11.9 Å². The Morgan fingerprint density at radius 1 is 0.333 bits per heavy atom. The highest BCUT2D eigenvalue weighted by Crippen LogP contribution is 2.10. The van der Waals surface area contributed by atoms with Gasteiger partial charge in [0, 0.05) is 38.5 Å². The highest BCUT2D eigenvalue weighted by atomic mass is 16.4. The Morgan fingerprint density at radius 2 is 0.500 bits per heavy atom. The van der Waals surface area contributed by atoms with Crippen molar-refractivity contribution in [1.82, 2.24) is 0 Å². The van der Waals surface area contributed by atoms with Crippen molar-refractivity contribution in [2.45, 2.75) is 116 Å². The lowest BCUT2D eigenvalue weighted by Gasteiger charge is -2.00. The molecule has 0 fully saturated rings. The quantitative estimate of drug-likeness (QED) is 0.122. The SMILES string of the molecule is NC(=O)CCCCC(N)=O.NC(=O)CCCCC(N)=O.O=C(O)CCCCCCCCCCC(=O)O. The highest BCUT2D eigenvalue weighted by Gasteiger charge is 1.99. The number of primary amides is 4. The smallest absolute Gasteiger partial charge is 0.303 e. The van der Waals surface area contributed by atoms with E-state index in [1.807, 2.05) is 0 Å². The number of amides is 4. The average Bonchev–Trinajstić information content (AvgIpc) is 2.75. The number of nitrogens with two attached hydrogens (primary N) is 4. The number of carboxylic acid groups (broad SMARTS) is 2. The van der Waals surface area contributed by atoms with Gasteiger partial charge in [0.15, 0.2) is 0 Å². The Labute approximate surface area is 213 Å². The van der Waals surface area contributed by atoms with Crippen LogP contribution in [-0.4, -0.2) is 45.8 Å². The molecule has 0 bridgehead atoms. The van der Waals surface area contributed by atoms with Gasteiger partial charge < -0.3 is 33.1 Å². The first-order valence-electron chi connectivity index (χ1n) is 12.4. The van der Waals surface area contributed by atoms with Crippen molar-refractivity contribution < 1.29 is 39.0 Å². The van der Waals surface area contributed by atoms with Gasteiger partial charge in [0.05, 0.1) is 0 Å². The Morgan fingerprint density at radius 3 is 0.667 bits per heavy atom. The fourth-order valence-corrected chi connectivity index (χ4v) is 2.81. The lowest BCUT2D eigenvalue weighted by atomic mass is 10.1. The minimum Gasteiger partial charge on any atom is -0.481 e. The van der Waals surface area contributed by atoms with Gasteiger partial charge in [0.2, 0.25) is 23.6 Å². The summed E-state index contributed by atoms with van der Waals surface area (Å²) in [5, 5.41) is 16.8. The molecule has 12 heteroatoms. The molecule has 0 aliphatic heterocycles. The van der Waals surface area contributed by atoms with Gasteiger partial charge in [-0.15, -0.1) is 0 Å². The number of rotatable bonds is 21. The summed E-state index contributed by atoms with van der Waals surface area (Å²) in [6, 6.07) is 0. The van der Waals surface area contributed by atoms with Gasteiger partial charge in [-0.2, -0.15) is 0 Å². The van der Waals surface area contributed by atoms with E-state index in [0.29, 0.717) is 51.4 Å². The largest absolute Gasteiger partial charge is 0.481 e. The summed E-state index contributed by atoms with van der Waals surface area (Å²) in [5.74, 6) is -2.75. The third-order valence-electron chi connectivity index (χ3n) is 4.72. The van der Waals surface area contributed by atoms with Gasteiger partial charge in [0.1, 0.15) is 0 Å². The predicted octanol–water partition coefficient (Wildman–Crippen LogP) is 2.09. The van der Waals surface area contributed by atoms with Crippen LogP contribution in [0.3, 0.4) is 0 Å². The molecule has 0 unspecified atom stereocenters. The van der Waals surface area contributed by atoms with Crippen molar-refractivity contribution in [2.24, 2.45) is 22.9 Å². The number of unbranched alkanes of at least 4 members (excludes halogenated alkanes) is 9. The second kappa shape index (κ2) is 28.1. The molecule has 0 aromatic heterocycles. The lowest BCUT2D eigenvalue weighted by molar-refractivity contribution is -0.138. The molecular formula is C24H46N4O8. The van der Waals surface area contributed by atoms with Gasteiger partial charge in [-0.3, -0.25) is 28.8 Å². The van der Waals surface area contributed by atoms with E-state index in [2.05, 4.69) is 0 Å². The molecule has 10 N–H and O–H groups in total. The fraction of sp³-hybridized carbons (Fsp3) is 0.750. The Balaban J connectivity index is -0.000000476. The molecule has 0 rings (SSSR count). The van der Waals surface area contributed by atoms with Crippen LogP contribution in [0.4, 0.5) is 0 Å². The predicted molar refractivity (Wildman–Crippen MR) is 135 cm³/mol. The summed E-state index contributed by atoms with van der Waals surface area (Å²) in [7, 11) is 0. The number of aliphatic carboxylic acids is 2. The van der Waals surface area contributed by atoms with Crippen LogP contribution in [0.2, 0.25) is 0 Å². The van der Waals surface area contributed by atoms with Crippen molar-refractivity contribution >= 4 is 35.6 Å². The maximum Gasteiger partial charge on any atom is 0.303 e. The van der Waals surface area contributed by atoms with Gasteiger partial charge in [-0.1, -0.05) is 38.5 Å². The van der Waals surface area contributed by atoms with Gasteiger partial charge in [-0.05, 0) is 38.5 Å². The molecule has 0 saturated carbocycles. The molecule has 0 saturated heterocycles. The van der Waals surface area contributed by atoms with Crippen molar-refractivity contribution in [3.05, 3.63) is 0 Å². The summed E-state index contributed by atoms with van der Waals surface area (Å²) in [5.41, 5.74) is 19.4. The molecule has 0 aromatic rings. The fourth-order valence-electron chi connectivity index (χ4n) is 2.81. The third-order valence-corrected chi connectivity index (χ3v) is 4.72. The van der Waals surface area contributed by atoms with Crippen LogP contribution in [-0.2, 0) is 28.8 Å². The normalized spacial score (nSPS) is 9.67. The van der Waals surface area contributed by atoms with Gasteiger partial charge >= 0.3 is 11.9 Å². The zero-order valence-corrected chi connectivity index (χ0v) is 21.4. The summed E-state index contributed by atoms with van der Waals surface area (Å²) in [6.45, 7) is 0. The molecule has 12 nitrogen and oxygen atoms in total. The summed E-state index contributed by atoms with van der Waals surface area (Å²) in [6.07, 6.45) is 12.5. The van der Waals surface area contributed by atoms with Crippen LogP contribution in [0.15, 0.2) is 0 Å². The first kappa shape index (κ1) is 37.4. The minimum absolute atomic E-state index is 0.276. The molecule has 210 valence electrons. The van der Waals surface area contributed by atoms with Crippen LogP contribution >= 0.6 is 0 Å². The lowest BCUT2D eigenvalue weighted by Crippen LogP contribution is -2.12. The van der Waals surface area contributed by atoms with Gasteiger partial charge in [0.25, 0.3) is 0 Å². The Hall–Kier alpha value is -3.18. The molecule has 0 aliphatic carbocycles. The second-order valence-corrected chi connectivity index (χ2v) is 8.40. The third kappa shape index (κ3) is 48.3. The van der Waals surface area contributed by atoms with Crippen molar-refractivity contribution in [3.63, 3.8) is 0 Å². The number of carbonyl (C=O) groups excluding carboxylic acids is 4. The maximum atomic E-state index is 10.2. The van der Waals surface area contributed by atoms with E-state index in [4.69, 9.17) is 33.1 Å². The Kier molecular flexibility index (Phi) is 29.1. The number of hydrogen-bond donors (Lipinski definition) is 6. The molecule has 0 aliphatic rings. The highest BCUT2D eigenvalue weighted by molar-refractivity contribution is 5.75. The molecule has 0 atom stereocenters. The van der Waals surface area contributed by atoms with Crippen molar-refractivity contribution in [3.8, 4) is 0 Å². The summed E-state index contributed by atoms with van der Waals surface area (Å²) in [4.78, 5) is 61.0. The molecule has 0 radical (unpaired) electrons. The van der Waals surface area contributed by atoms with Crippen LogP contribution in [0.5, 0.6) is 0 Å². The van der Waals surface area contributed by atoms with E-state index in [0.717, 1.165) is 51.4 Å². The van der Waals surface area contributed by atoms with E-state index in [1.165, 1.54) is 0 Å². The van der Waals surface area contributed by atoms with E-state index >= 15 is 0 Å². The minimum atomic E-state index is -0.714. The van der Waals surface area contributed by atoms with Crippen molar-refractivity contribution in [2.75, 3.05) is 0 Å². The standard InChI is InChI=1S/C12H22O4.2C6H12N2O2/c13-11(14)9-7-5-3-1-2-4-6-8-10-12(15)16;2*7-5(9)3-1-2-4-6(8)10/h1-10H2,(H,13,14)(H,15,16);2*1-4H2,(H2,7,9)(H2,8,10). The van der Waals surface area contributed by atoms with Crippen LogP contribution in [0, 0.1) is 0 Å². The first-order chi connectivity index (χ1) is 16.9. The zero-order valence-electron chi connectivity index (χ0n) is 21.4. The first-order valence-corrected chi connectivity index (χ1v) is 12.4. The molecular weight excluding hydrogens is 472 g/mol. The maximum absolute atomic E-state index is 10.2. The molecule has 0 spiro atoms. The second-order valence-electron chi connectivity index (χ2n) is 8.40. The molecule has 4 amide bonds. The van der Waals surface area contributed by atoms with Crippen LogP contribution in [0.1, 0.15) is 116 Å². The number of carbonyl (C=O) groups is 6. The van der Waals surface area contributed by atoms with Gasteiger partial charge in [-0.25, -0.2) is 0 Å². The molecule has 0 aromatic carbocycles. The molecule has 36 heavy (non-hydrogen) atoms. The topological polar surface area (TPSA) is 247 Å². The van der Waals surface area contributed by atoms with E-state index in [-0.39, 0.29) is 36.5 Å². The molecule has 0 heterocycles.